The molecule has 0 saturated carbocycles. The second-order valence-corrected chi connectivity index (χ2v) is 5.01. The molecule has 1 atom stereocenters. The van der Waals surface area contributed by atoms with Gasteiger partial charge in [-0.05, 0) is 12.8 Å². The predicted octanol–water partition coefficient (Wildman–Crippen LogP) is 3.68. The van der Waals surface area contributed by atoms with E-state index < -0.39 is 0 Å². The van der Waals surface area contributed by atoms with Gasteiger partial charge >= 0.3 is 0 Å². The van der Waals surface area contributed by atoms with E-state index in [0.29, 0.717) is 0 Å². The number of alkyl halides is 2. The maximum absolute atomic E-state index is 3.66. The molecule has 0 saturated heterocycles. The third-order valence-electron chi connectivity index (χ3n) is 1.79. The van der Waals surface area contributed by atoms with E-state index in [9.17, 15) is 0 Å². The lowest BCUT2D eigenvalue weighted by Crippen LogP contribution is -1.97. The van der Waals surface area contributed by atoms with E-state index in [-0.39, 0.29) is 5.48 Å². The third-order valence-corrected chi connectivity index (χ3v) is 3.17. The molecule has 0 rings (SSSR count). The SMILES string of the molecule is CCCCCCC(Br)CCBr.O. The Labute approximate surface area is 92.9 Å². The monoisotopic (exact) mass is 302 g/mol. The highest BCUT2D eigenvalue weighted by atomic mass is 79.9. The zero-order valence-electron chi connectivity index (χ0n) is 7.78. The molecule has 0 amide bonds. The molecular formula is C9H20Br2O. The fourth-order valence-electron chi connectivity index (χ4n) is 1.06. The summed E-state index contributed by atoms with van der Waals surface area (Å²) in [5, 5.41) is 1.12. The summed E-state index contributed by atoms with van der Waals surface area (Å²) in [5.41, 5.74) is 0. The molecule has 0 aliphatic carbocycles. The Morgan fingerprint density at radius 3 is 2.25 bits per heavy atom. The first-order valence-electron chi connectivity index (χ1n) is 4.51. The van der Waals surface area contributed by atoms with Crippen LogP contribution in [-0.2, 0) is 0 Å². The largest absolute Gasteiger partial charge is 0.412 e. The maximum atomic E-state index is 3.66. The topological polar surface area (TPSA) is 31.5 Å². The molecule has 0 aromatic rings. The Balaban J connectivity index is 0. The van der Waals surface area contributed by atoms with Crippen LogP contribution < -0.4 is 0 Å². The molecule has 0 bridgehead atoms. The van der Waals surface area contributed by atoms with Crippen LogP contribution in [-0.4, -0.2) is 15.6 Å². The van der Waals surface area contributed by atoms with Crippen LogP contribution in [0.25, 0.3) is 0 Å². The molecule has 1 nitrogen and oxygen atoms in total. The smallest absolute Gasteiger partial charge is 0.0153 e. The molecule has 0 spiro atoms. The average molecular weight is 304 g/mol. The summed E-state index contributed by atoms with van der Waals surface area (Å²) in [6.45, 7) is 2.25. The van der Waals surface area contributed by atoms with Gasteiger partial charge in [-0.15, -0.1) is 0 Å². The summed E-state index contributed by atoms with van der Waals surface area (Å²) in [7, 11) is 0. The van der Waals surface area contributed by atoms with Crippen molar-refractivity contribution in [3.8, 4) is 0 Å². The molecule has 76 valence electrons. The van der Waals surface area contributed by atoms with Gasteiger partial charge in [0, 0.05) is 10.2 Å². The summed E-state index contributed by atoms with van der Waals surface area (Å²) in [6.07, 6.45) is 8.12. The molecule has 0 aliphatic heterocycles. The third kappa shape index (κ3) is 10.9. The predicted molar refractivity (Wildman–Crippen MR) is 63.5 cm³/mol. The Hall–Kier alpha value is 0.920. The zero-order valence-corrected chi connectivity index (χ0v) is 11.0. The van der Waals surface area contributed by atoms with Crippen molar-refractivity contribution >= 4 is 31.9 Å². The minimum Gasteiger partial charge on any atom is -0.412 e. The van der Waals surface area contributed by atoms with Crippen molar-refractivity contribution in [1.29, 1.82) is 0 Å². The molecule has 3 heteroatoms. The highest BCUT2D eigenvalue weighted by Gasteiger charge is 2.01. The van der Waals surface area contributed by atoms with Gasteiger partial charge in [-0.3, -0.25) is 0 Å². The Morgan fingerprint density at radius 1 is 1.08 bits per heavy atom. The summed E-state index contributed by atoms with van der Waals surface area (Å²) >= 11 is 7.10. The van der Waals surface area contributed by atoms with Crippen molar-refractivity contribution in [3.63, 3.8) is 0 Å². The number of hydrogen-bond donors (Lipinski definition) is 0. The zero-order chi connectivity index (χ0) is 8.53. The summed E-state index contributed by atoms with van der Waals surface area (Å²) in [4.78, 5) is 0.735. The summed E-state index contributed by atoms with van der Waals surface area (Å²) < 4.78 is 0. The highest BCUT2D eigenvalue weighted by molar-refractivity contribution is 9.10. The number of rotatable bonds is 7. The van der Waals surface area contributed by atoms with Crippen LogP contribution in [0, 0.1) is 0 Å². The normalized spacial score (nSPS) is 12.2. The summed E-state index contributed by atoms with van der Waals surface area (Å²) in [6, 6.07) is 0. The van der Waals surface area contributed by atoms with Crippen LogP contribution in [0.2, 0.25) is 0 Å². The van der Waals surface area contributed by atoms with Crippen molar-refractivity contribution in [2.24, 2.45) is 0 Å². The van der Waals surface area contributed by atoms with Crippen LogP contribution in [0.1, 0.15) is 45.4 Å². The Kier molecular flexibility index (Phi) is 15.3. The van der Waals surface area contributed by atoms with Gasteiger partial charge in [-0.2, -0.15) is 0 Å². The second kappa shape index (κ2) is 11.9. The van der Waals surface area contributed by atoms with Crippen molar-refractivity contribution in [2.45, 2.75) is 50.3 Å². The number of unbranched alkanes of at least 4 members (excludes halogenated alkanes) is 3. The lowest BCUT2D eigenvalue weighted by molar-refractivity contribution is 0.616. The Bertz CT molecular complexity index is 78.9. The van der Waals surface area contributed by atoms with E-state index in [2.05, 4.69) is 38.8 Å². The Morgan fingerprint density at radius 2 is 1.75 bits per heavy atom. The molecule has 0 fully saturated rings. The fourth-order valence-corrected chi connectivity index (χ4v) is 2.78. The van der Waals surface area contributed by atoms with E-state index in [4.69, 9.17) is 0 Å². The molecule has 0 aliphatic rings. The molecule has 2 N–H and O–H groups in total. The van der Waals surface area contributed by atoms with Crippen molar-refractivity contribution in [2.75, 3.05) is 5.33 Å². The van der Waals surface area contributed by atoms with Crippen LogP contribution in [0.15, 0.2) is 0 Å². The minimum atomic E-state index is 0. The minimum absolute atomic E-state index is 0. The van der Waals surface area contributed by atoms with E-state index in [1.54, 1.807) is 0 Å². The van der Waals surface area contributed by atoms with Gasteiger partial charge in [0.25, 0.3) is 0 Å². The van der Waals surface area contributed by atoms with Gasteiger partial charge in [-0.1, -0.05) is 64.5 Å². The van der Waals surface area contributed by atoms with E-state index >= 15 is 0 Å². The molecule has 0 heterocycles. The van der Waals surface area contributed by atoms with Crippen LogP contribution in [0.4, 0.5) is 0 Å². The summed E-state index contributed by atoms with van der Waals surface area (Å²) in [5.74, 6) is 0. The molecule has 0 radical (unpaired) electrons. The van der Waals surface area contributed by atoms with Crippen molar-refractivity contribution < 1.29 is 5.48 Å². The molecule has 0 aromatic heterocycles. The van der Waals surface area contributed by atoms with Gasteiger partial charge in [0.1, 0.15) is 0 Å². The molecule has 12 heavy (non-hydrogen) atoms. The second-order valence-electron chi connectivity index (χ2n) is 2.92. The lowest BCUT2D eigenvalue weighted by atomic mass is 10.1. The van der Waals surface area contributed by atoms with Gasteiger partial charge < -0.3 is 5.48 Å². The maximum Gasteiger partial charge on any atom is 0.0153 e. The van der Waals surface area contributed by atoms with Crippen molar-refractivity contribution in [1.82, 2.24) is 0 Å². The van der Waals surface area contributed by atoms with Gasteiger partial charge in [0.15, 0.2) is 0 Å². The van der Waals surface area contributed by atoms with Gasteiger partial charge in [-0.25, -0.2) is 0 Å². The van der Waals surface area contributed by atoms with Crippen LogP contribution in [0.5, 0.6) is 0 Å². The molecule has 1 unspecified atom stereocenters. The van der Waals surface area contributed by atoms with E-state index in [1.807, 2.05) is 0 Å². The van der Waals surface area contributed by atoms with Crippen LogP contribution >= 0.6 is 31.9 Å². The molecule has 0 aromatic carbocycles. The number of hydrogen-bond acceptors (Lipinski definition) is 0. The van der Waals surface area contributed by atoms with Gasteiger partial charge in [0.05, 0.1) is 0 Å². The quantitative estimate of drug-likeness (QED) is 0.507. The van der Waals surface area contributed by atoms with Gasteiger partial charge in [0.2, 0.25) is 0 Å². The fraction of sp³-hybridized carbons (Fsp3) is 1.00. The van der Waals surface area contributed by atoms with Crippen molar-refractivity contribution in [3.05, 3.63) is 0 Å². The van der Waals surface area contributed by atoms with E-state index in [0.717, 1.165) is 10.2 Å². The first-order chi connectivity index (χ1) is 5.31. The average Bonchev–Trinajstić information content (AvgIpc) is 1.99. The van der Waals surface area contributed by atoms with E-state index in [1.165, 1.54) is 38.5 Å². The first kappa shape index (κ1) is 15.4. The first-order valence-corrected chi connectivity index (χ1v) is 6.55. The van der Waals surface area contributed by atoms with Crippen LogP contribution in [0.3, 0.4) is 0 Å². The standard InChI is InChI=1S/C9H18Br2.H2O/c1-2-3-4-5-6-9(11)7-8-10;/h9H,2-8H2,1H3;1H2. The lowest BCUT2D eigenvalue weighted by Gasteiger charge is -2.06. The molecular weight excluding hydrogens is 284 g/mol. The number of halogens is 2. The highest BCUT2D eigenvalue weighted by Crippen LogP contribution is 2.15.